The van der Waals surface area contributed by atoms with Crippen molar-refractivity contribution in [1.82, 2.24) is 0 Å². The highest BCUT2D eigenvalue weighted by Gasteiger charge is 2.40. The molecule has 0 saturated heterocycles. The number of carbonyl (C=O) groups is 2. The average Bonchev–Trinajstić information content (AvgIpc) is 3.22. The van der Waals surface area contributed by atoms with E-state index in [9.17, 15) is 9.59 Å². The third-order valence-electron chi connectivity index (χ3n) is 3.58. The summed E-state index contributed by atoms with van der Waals surface area (Å²) in [6, 6.07) is 5.15. The molecule has 0 aromatic heterocycles. The van der Waals surface area contributed by atoms with Crippen LogP contribution in [-0.4, -0.2) is 31.7 Å². The molecule has 6 nitrogen and oxygen atoms in total. The molecule has 3 rings (SSSR count). The zero-order chi connectivity index (χ0) is 14.8. The van der Waals surface area contributed by atoms with Crippen molar-refractivity contribution in [1.29, 1.82) is 0 Å². The van der Waals surface area contributed by atoms with Gasteiger partial charge in [0.2, 0.25) is 0 Å². The summed E-state index contributed by atoms with van der Waals surface area (Å²) in [4.78, 5) is 23.3. The van der Waals surface area contributed by atoms with E-state index in [0.29, 0.717) is 36.3 Å². The van der Waals surface area contributed by atoms with Gasteiger partial charge in [-0.05, 0) is 24.5 Å². The highest BCUT2D eigenvalue weighted by atomic mass is 16.6. The third kappa shape index (κ3) is 3.26. The summed E-state index contributed by atoms with van der Waals surface area (Å²) in [5, 5.41) is 2.67. The topological polar surface area (TPSA) is 73.9 Å². The van der Waals surface area contributed by atoms with Crippen LogP contribution in [-0.2, 0) is 14.3 Å². The largest absolute Gasteiger partial charge is 0.486 e. The van der Waals surface area contributed by atoms with Crippen LogP contribution < -0.4 is 14.8 Å². The standard InChI is InChI=1S/C15H17NO5/c1-9-6-11(9)15(18)21-8-14(17)16-10-2-3-12-13(7-10)20-5-4-19-12/h2-3,7,9,11H,4-6,8H2,1H3,(H,16,17)/t9-,11+/m0/s1. The summed E-state index contributed by atoms with van der Waals surface area (Å²) < 4.78 is 15.8. The van der Waals surface area contributed by atoms with Crippen LogP contribution in [0.25, 0.3) is 0 Å². The van der Waals surface area contributed by atoms with Crippen LogP contribution >= 0.6 is 0 Å². The molecule has 1 aromatic rings. The fourth-order valence-electron chi connectivity index (χ4n) is 2.21. The minimum absolute atomic E-state index is 0.0351. The van der Waals surface area contributed by atoms with Crippen molar-refractivity contribution in [2.24, 2.45) is 11.8 Å². The lowest BCUT2D eigenvalue weighted by Gasteiger charge is -2.19. The number of hydrogen-bond acceptors (Lipinski definition) is 5. The van der Waals surface area contributed by atoms with E-state index in [-0.39, 0.29) is 24.4 Å². The SMILES string of the molecule is C[C@H]1C[C@H]1C(=O)OCC(=O)Nc1ccc2c(c1)OCCO2. The van der Waals surface area contributed by atoms with Gasteiger partial charge in [0.15, 0.2) is 18.1 Å². The molecule has 112 valence electrons. The number of amides is 1. The molecule has 0 radical (unpaired) electrons. The maximum Gasteiger partial charge on any atom is 0.309 e. The van der Waals surface area contributed by atoms with Gasteiger partial charge in [0, 0.05) is 11.8 Å². The number of rotatable bonds is 4. The van der Waals surface area contributed by atoms with Gasteiger partial charge < -0.3 is 19.5 Å². The lowest BCUT2D eigenvalue weighted by Crippen LogP contribution is -2.22. The molecule has 1 N–H and O–H groups in total. The molecular formula is C15H17NO5. The van der Waals surface area contributed by atoms with Crippen LogP contribution in [0, 0.1) is 11.8 Å². The first-order chi connectivity index (χ1) is 10.1. The van der Waals surface area contributed by atoms with E-state index in [2.05, 4.69) is 5.32 Å². The van der Waals surface area contributed by atoms with E-state index in [4.69, 9.17) is 14.2 Å². The van der Waals surface area contributed by atoms with Gasteiger partial charge in [0.25, 0.3) is 5.91 Å². The van der Waals surface area contributed by atoms with Gasteiger partial charge in [-0.25, -0.2) is 0 Å². The van der Waals surface area contributed by atoms with Crippen LogP contribution in [0.2, 0.25) is 0 Å². The summed E-state index contributed by atoms with van der Waals surface area (Å²) in [5.41, 5.74) is 0.583. The van der Waals surface area contributed by atoms with E-state index >= 15 is 0 Å². The normalized spacial score (nSPS) is 22.3. The van der Waals surface area contributed by atoms with Gasteiger partial charge in [-0.1, -0.05) is 6.92 Å². The molecule has 1 fully saturated rings. The van der Waals surface area contributed by atoms with E-state index in [1.807, 2.05) is 6.92 Å². The van der Waals surface area contributed by atoms with Crippen LogP contribution in [0.15, 0.2) is 18.2 Å². The highest BCUT2D eigenvalue weighted by Crippen LogP contribution is 2.38. The number of anilines is 1. The Balaban J connectivity index is 1.51. The van der Waals surface area contributed by atoms with Crippen molar-refractivity contribution in [2.75, 3.05) is 25.1 Å². The molecule has 6 heteroatoms. The average molecular weight is 291 g/mol. The number of ether oxygens (including phenoxy) is 3. The molecule has 1 amide bonds. The number of fused-ring (bicyclic) bond motifs is 1. The molecule has 1 aromatic carbocycles. The first kappa shape index (κ1) is 13.7. The first-order valence-electron chi connectivity index (χ1n) is 6.99. The van der Waals surface area contributed by atoms with Gasteiger partial charge in [-0.2, -0.15) is 0 Å². The van der Waals surface area contributed by atoms with Crippen LogP contribution in [0.1, 0.15) is 13.3 Å². The number of hydrogen-bond donors (Lipinski definition) is 1. The number of carbonyl (C=O) groups excluding carboxylic acids is 2. The number of nitrogens with one attached hydrogen (secondary N) is 1. The van der Waals surface area contributed by atoms with E-state index in [0.717, 1.165) is 6.42 Å². The Morgan fingerprint density at radius 1 is 1.29 bits per heavy atom. The molecule has 2 atom stereocenters. The van der Waals surface area contributed by atoms with Gasteiger partial charge in [0.05, 0.1) is 5.92 Å². The second-order valence-corrected chi connectivity index (χ2v) is 5.33. The van der Waals surface area contributed by atoms with Crippen LogP contribution in [0.5, 0.6) is 11.5 Å². The van der Waals surface area contributed by atoms with E-state index < -0.39 is 0 Å². The van der Waals surface area contributed by atoms with E-state index in [1.54, 1.807) is 18.2 Å². The first-order valence-corrected chi connectivity index (χ1v) is 6.99. The Hall–Kier alpha value is -2.24. The molecule has 0 spiro atoms. The Morgan fingerprint density at radius 2 is 2.00 bits per heavy atom. The monoisotopic (exact) mass is 291 g/mol. The smallest absolute Gasteiger partial charge is 0.309 e. The maximum absolute atomic E-state index is 11.7. The molecule has 0 unspecified atom stereocenters. The summed E-state index contributed by atoms with van der Waals surface area (Å²) in [7, 11) is 0. The highest BCUT2D eigenvalue weighted by molar-refractivity contribution is 5.93. The summed E-state index contributed by atoms with van der Waals surface area (Å²) in [6.07, 6.45) is 0.850. The maximum atomic E-state index is 11.7. The van der Waals surface area contributed by atoms with Crippen LogP contribution in [0.3, 0.4) is 0 Å². The summed E-state index contributed by atoms with van der Waals surface area (Å²) in [6.45, 7) is 2.73. The van der Waals surface area contributed by atoms with Gasteiger partial charge >= 0.3 is 5.97 Å². The minimum Gasteiger partial charge on any atom is -0.486 e. The zero-order valence-electron chi connectivity index (χ0n) is 11.8. The van der Waals surface area contributed by atoms with E-state index in [1.165, 1.54) is 0 Å². The van der Waals surface area contributed by atoms with Crippen molar-refractivity contribution in [3.8, 4) is 11.5 Å². The zero-order valence-corrected chi connectivity index (χ0v) is 11.8. The molecule has 2 aliphatic rings. The van der Waals surface area contributed by atoms with Crippen LogP contribution in [0.4, 0.5) is 5.69 Å². The van der Waals surface area contributed by atoms with Gasteiger partial charge in [-0.3, -0.25) is 9.59 Å². The van der Waals surface area contributed by atoms with Gasteiger partial charge in [-0.15, -0.1) is 0 Å². The fourth-order valence-corrected chi connectivity index (χ4v) is 2.21. The number of esters is 1. The second kappa shape index (κ2) is 5.63. The Kier molecular flexibility index (Phi) is 3.68. The lowest BCUT2D eigenvalue weighted by molar-refractivity contribution is -0.148. The molecule has 1 aliphatic heterocycles. The Bertz CT molecular complexity index is 571. The summed E-state index contributed by atoms with van der Waals surface area (Å²) in [5.74, 6) is 0.940. The minimum atomic E-state index is -0.367. The molecule has 0 bridgehead atoms. The lowest BCUT2D eigenvalue weighted by atomic mass is 10.2. The quantitative estimate of drug-likeness (QED) is 0.853. The van der Waals surface area contributed by atoms with Crippen molar-refractivity contribution in [3.05, 3.63) is 18.2 Å². The van der Waals surface area contributed by atoms with Gasteiger partial charge in [0.1, 0.15) is 13.2 Å². The van der Waals surface area contributed by atoms with Crippen molar-refractivity contribution >= 4 is 17.6 Å². The van der Waals surface area contributed by atoms with Crippen molar-refractivity contribution < 1.29 is 23.8 Å². The molecule has 1 heterocycles. The molecule has 1 saturated carbocycles. The third-order valence-corrected chi connectivity index (χ3v) is 3.58. The Morgan fingerprint density at radius 3 is 2.71 bits per heavy atom. The molecule has 1 aliphatic carbocycles. The molecular weight excluding hydrogens is 274 g/mol. The number of benzene rings is 1. The fraction of sp³-hybridized carbons (Fsp3) is 0.467. The Labute approximate surface area is 122 Å². The predicted octanol–water partition coefficient (Wildman–Crippen LogP) is 1.60. The second-order valence-electron chi connectivity index (χ2n) is 5.33. The predicted molar refractivity (Wildman–Crippen MR) is 74.3 cm³/mol. The van der Waals surface area contributed by atoms with Crippen molar-refractivity contribution in [2.45, 2.75) is 13.3 Å². The van der Waals surface area contributed by atoms with Crippen molar-refractivity contribution in [3.63, 3.8) is 0 Å². The summed E-state index contributed by atoms with van der Waals surface area (Å²) >= 11 is 0. The molecule has 21 heavy (non-hydrogen) atoms.